The molecule has 0 aliphatic heterocycles. The molecule has 3 rings (SSSR count). The molecule has 18 heavy (non-hydrogen) atoms. The maximum absolute atomic E-state index is 5.26. The molecule has 2 bridgehead atoms. The standard InChI is InChI=1S/C16H25NO/c1-2-6-17-16(14-5-7-18-11-14)10-15-9-12-3-4-13(15)8-12/h5,7,11-13,15-17H,2-4,6,8-10H2,1H3. The van der Waals surface area contributed by atoms with E-state index >= 15 is 0 Å². The minimum atomic E-state index is 0.507. The summed E-state index contributed by atoms with van der Waals surface area (Å²) in [5, 5.41) is 3.70. The first-order valence-corrected chi connectivity index (χ1v) is 7.62. The molecule has 0 aromatic carbocycles. The van der Waals surface area contributed by atoms with Gasteiger partial charge in [-0.2, -0.15) is 0 Å². The van der Waals surface area contributed by atoms with E-state index in [1.807, 2.05) is 6.26 Å². The van der Waals surface area contributed by atoms with E-state index in [2.05, 4.69) is 18.3 Å². The van der Waals surface area contributed by atoms with Crippen molar-refractivity contribution in [1.82, 2.24) is 5.32 Å². The molecule has 0 amide bonds. The van der Waals surface area contributed by atoms with Gasteiger partial charge in [0.15, 0.2) is 0 Å². The monoisotopic (exact) mass is 247 g/mol. The third-order valence-electron chi connectivity index (χ3n) is 5.01. The van der Waals surface area contributed by atoms with Gasteiger partial charge in [-0.15, -0.1) is 0 Å². The van der Waals surface area contributed by atoms with E-state index in [-0.39, 0.29) is 0 Å². The maximum atomic E-state index is 5.26. The van der Waals surface area contributed by atoms with Gasteiger partial charge in [-0.3, -0.25) is 0 Å². The molecule has 2 saturated carbocycles. The van der Waals surface area contributed by atoms with E-state index in [1.165, 1.54) is 44.1 Å². The lowest BCUT2D eigenvalue weighted by Crippen LogP contribution is -2.26. The molecule has 0 spiro atoms. The molecular formula is C16H25NO. The van der Waals surface area contributed by atoms with Crippen LogP contribution in [0.15, 0.2) is 23.0 Å². The fraction of sp³-hybridized carbons (Fsp3) is 0.750. The predicted octanol–water partition coefficient (Wildman–Crippen LogP) is 4.15. The molecule has 4 unspecified atom stereocenters. The van der Waals surface area contributed by atoms with Crippen molar-refractivity contribution in [1.29, 1.82) is 0 Å². The summed E-state index contributed by atoms with van der Waals surface area (Å²) < 4.78 is 5.26. The van der Waals surface area contributed by atoms with E-state index in [0.29, 0.717) is 6.04 Å². The van der Waals surface area contributed by atoms with Gasteiger partial charge in [0.05, 0.1) is 12.5 Å². The highest BCUT2D eigenvalue weighted by atomic mass is 16.3. The second-order valence-electron chi connectivity index (χ2n) is 6.23. The summed E-state index contributed by atoms with van der Waals surface area (Å²) in [7, 11) is 0. The number of fused-ring (bicyclic) bond motifs is 2. The topological polar surface area (TPSA) is 25.2 Å². The van der Waals surface area contributed by atoms with Crippen LogP contribution in [0.4, 0.5) is 0 Å². The van der Waals surface area contributed by atoms with Crippen LogP contribution in [-0.4, -0.2) is 6.54 Å². The zero-order valence-corrected chi connectivity index (χ0v) is 11.4. The second-order valence-corrected chi connectivity index (χ2v) is 6.23. The summed E-state index contributed by atoms with van der Waals surface area (Å²) in [6.45, 7) is 3.34. The van der Waals surface area contributed by atoms with Crippen LogP contribution in [0, 0.1) is 17.8 Å². The van der Waals surface area contributed by atoms with Gasteiger partial charge in [0.2, 0.25) is 0 Å². The first kappa shape index (κ1) is 12.3. The smallest absolute Gasteiger partial charge is 0.0950 e. The molecule has 2 fully saturated rings. The van der Waals surface area contributed by atoms with Crippen molar-refractivity contribution in [2.45, 2.75) is 51.5 Å². The molecule has 2 heteroatoms. The van der Waals surface area contributed by atoms with E-state index in [1.54, 1.807) is 6.26 Å². The summed E-state index contributed by atoms with van der Waals surface area (Å²) in [6.07, 6.45) is 12.2. The second kappa shape index (κ2) is 5.48. The Morgan fingerprint density at radius 2 is 2.33 bits per heavy atom. The molecule has 1 N–H and O–H groups in total. The summed E-state index contributed by atoms with van der Waals surface area (Å²) >= 11 is 0. The lowest BCUT2D eigenvalue weighted by Gasteiger charge is -2.27. The van der Waals surface area contributed by atoms with Crippen molar-refractivity contribution in [2.24, 2.45) is 17.8 Å². The molecule has 0 radical (unpaired) electrons. The van der Waals surface area contributed by atoms with E-state index in [4.69, 9.17) is 4.42 Å². The highest BCUT2D eigenvalue weighted by Crippen LogP contribution is 2.50. The predicted molar refractivity (Wildman–Crippen MR) is 73.3 cm³/mol. The van der Waals surface area contributed by atoms with Crippen LogP contribution in [0.2, 0.25) is 0 Å². The molecule has 2 aliphatic carbocycles. The van der Waals surface area contributed by atoms with Crippen LogP contribution in [0.1, 0.15) is 57.1 Å². The van der Waals surface area contributed by atoms with Gasteiger partial charge < -0.3 is 9.73 Å². The third kappa shape index (κ3) is 2.49. The fourth-order valence-corrected chi connectivity index (χ4v) is 4.10. The van der Waals surface area contributed by atoms with Crippen LogP contribution < -0.4 is 5.32 Å². The maximum Gasteiger partial charge on any atom is 0.0950 e. The summed E-state index contributed by atoms with van der Waals surface area (Å²) in [5.74, 6) is 3.03. The lowest BCUT2D eigenvalue weighted by molar-refractivity contribution is 0.278. The van der Waals surface area contributed by atoms with Crippen molar-refractivity contribution in [2.75, 3.05) is 6.54 Å². The number of hydrogen-bond acceptors (Lipinski definition) is 2. The first-order valence-electron chi connectivity index (χ1n) is 7.62. The third-order valence-corrected chi connectivity index (χ3v) is 5.01. The Labute approximate surface area is 110 Å². The van der Waals surface area contributed by atoms with Crippen LogP contribution in [0.25, 0.3) is 0 Å². The average molecular weight is 247 g/mol. The Bertz CT molecular complexity index is 359. The highest BCUT2D eigenvalue weighted by Gasteiger charge is 2.40. The molecule has 4 atom stereocenters. The Hall–Kier alpha value is -0.760. The van der Waals surface area contributed by atoms with Crippen molar-refractivity contribution in [3.8, 4) is 0 Å². The van der Waals surface area contributed by atoms with Gasteiger partial charge in [-0.05, 0) is 62.5 Å². The zero-order valence-electron chi connectivity index (χ0n) is 11.4. The molecule has 1 aromatic heterocycles. The van der Waals surface area contributed by atoms with Crippen LogP contribution in [0.3, 0.4) is 0 Å². The largest absolute Gasteiger partial charge is 0.472 e. The number of furan rings is 1. The highest BCUT2D eigenvalue weighted by molar-refractivity contribution is 5.12. The fourth-order valence-electron chi connectivity index (χ4n) is 4.10. The minimum absolute atomic E-state index is 0.507. The number of rotatable bonds is 6. The van der Waals surface area contributed by atoms with Gasteiger partial charge >= 0.3 is 0 Å². The summed E-state index contributed by atoms with van der Waals surface area (Å²) in [6, 6.07) is 2.63. The van der Waals surface area contributed by atoms with Gasteiger partial charge in [-0.1, -0.05) is 13.3 Å². The van der Waals surface area contributed by atoms with E-state index < -0.39 is 0 Å². The Morgan fingerprint density at radius 3 is 2.94 bits per heavy atom. The first-order chi connectivity index (χ1) is 8.86. The van der Waals surface area contributed by atoms with Crippen molar-refractivity contribution in [3.63, 3.8) is 0 Å². The van der Waals surface area contributed by atoms with Crippen molar-refractivity contribution in [3.05, 3.63) is 24.2 Å². The van der Waals surface area contributed by atoms with E-state index in [0.717, 1.165) is 24.3 Å². The normalized spacial score (nSPS) is 31.9. The van der Waals surface area contributed by atoms with Gasteiger partial charge in [0, 0.05) is 11.6 Å². The minimum Gasteiger partial charge on any atom is -0.472 e. The molecule has 2 aliphatic rings. The van der Waals surface area contributed by atoms with Crippen LogP contribution in [-0.2, 0) is 0 Å². The van der Waals surface area contributed by atoms with Gasteiger partial charge in [-0.25, -0.2) is 0 Å². The van der Waals surface area contributed by atoms with E-state index in [9.17, 15) is 0 Å². The average Bonchev–Trinajstić information content (AvgIpc) is 3.09. The van der Waals surface area contributed by atoms with Crippen molar-refractivity contribution < 1.29 is 4.42 Å². The number of nitrogens with one attached hydrogen (secondary N) is 1. The van der Waals surface area contributed by atoms with Crippen LogP contribution in [0.5, 0.6) is 0 Å². The van der Waals surface area contributed by atoms with Crippen LogP contribution >= 0.6 is 0 Å². The van der Waals surface area contributed by atoms with Crippen molar-refractivity contribution >= 4 is 0 Å². The molecule has 1 aromatic rings. The molecule has 0 saturated heterocycles. The Kier molecular flexibility index (Phi) is 3.74. The number of hydrogen-bond donors (Lipinski definition) is 1. The SMILES string of the molecule is CCCNC(CC1CC2CCC1C2)c1ccoc1. The quantitative estimate of drug-likeness (QED) is 0.817. The molecule has 2 nitrogen and oxygen atoms in total. The molecule has 1 heterocycles. The Balaban J connectivity index is 1.62. The van der Waals surface area contributed by atoms with Gasteiger partial charge in [0.25, 0.3) is 0 Å². The summed E-state index contributed by atoms with van der Waals surface area (Å²) in [5.41, 5.74) is 1.34. The molecule has 100 valence electrons. The summed E-state index contributed by atoms with van der Waals surface area (Å²) in [4.78, 5) is 0. The lowest BCUT2D eigenvalue weighted by atomic mass is 9.83. The Morgan fingerprint density at radius 1 is 1.39 bits per heavy atom. The van der Waals surface area contributed by atoms with Gasteiger partial charge in [0.1, 0.15) is 0 Å². The zero-order chi connectivity index (χ0) is 12.4. The molecular weight excluding hydrogens is 222 g/mol.